The molecule has 1 aliphatic heterocycles. The predicted octanol–water partition coefficient (Wildman–Crippen LogP) is 1.03. The van der Waals surface area contributed by atoms with Gasteiger partial charge in [-0.2, -0.15) is 0 Å². The molecule has 5 nitrogen and oxygen atoms in total. The zero-order chi connectivity index (χ0) is 15.8. The van der Waals surface area contributed by atoms with Gasteiger partial charge in [0.1, 0.15) is 0 Å². The molecule has 1 heterocycles. The summed E-state index contributed by atoms with van der Waals surface area (Å²) in [6.07, 6.45) is 6.91. The summed E-state index contributed by atoms with van der Waals surface area (Å²) < 4.78 is 4.75. The Morgan fingerprint density at radius 3 is 2.91 bits per heavy atom. The molecule has 2 aliphatic rings. The summed E-state index contributed by atoms with van der Waals surface area (Å²) in [6, 6.07) is 0. The molecule has 0 aromatic rings. The molecular weight excluding hydrogens is 278 g/mol. The van der Waals surface area contributed by atoms with Crippen LogP contribution in [0.5, 0.6) is 0 Å². The van der Waals surface area contributed by atoms with Crippen LogP contribution >= 0.6 is 0 Å². The lowest BCUT2D eigenvalue weighted by Gasteiger charge is -2.29. The van der Waals surface area contributed by atoms with Crippen LogP contribution in [0.3, 0.4) is 0 Å². The third kappa shape index (κ3) is 5.91. The summed E-state index contributed by atoms with van der Waals surface area (Å²) in [5.41, 5.74) is 2.52. The Bertz CT molecular complexity index is 426. The molecule has 1 fully saturated rings. The lowest BCUT2D eigenvalue weighted by Crippen LogP contribution is -2.46. The van der Waals surface area contributed by atoms with E-state index in [1.165, 1.54) is 18.3 Å². The Morgan fingerprint density at radius 2 is 2.18 bits per heavy atom. The Balaban J connectivity index is 1.74. The maximum atomic E-state index is 11.4. The summed E-state index contributed by atoms with van der Waals surface area (Å²) in [4.78, 5) is 16.3. The monoisotopic (exact) mass is 307 g/mol. The number of likely N-dealkylation sites (N-methyl/N-ethyl adjacent to an activating group) is 1. The lowest BCUT2D eigenvalue weighted by atomic mass is 9.97. The summed E-state index contributed by atoms with van der Waals surface area (Å²) in [7, 11) is 3.62. The first-order valence-corrected chi connectivity index (χ1v) is 8.24. The molecule has 0 radical (unpaired) electrons. The predicted molar refractivity (Wildman–Crippen MR) is 88.8 cm³/mol. The minimum atomic E-state index is -0.139. The first-order chi connectivity index (χ1) is 10.7. The van der Waals surface area contributed by atoms with Crippen LogP contribution in [0.1, 0.15) is 19.3 Å². The van der Waals surface area contributed by atoms with Crippen molar-refractivity contribution in [3.63, 3.8) is 0 Å². The van der Waals surface area contributed by atoms with Gasteiger partial charge in [0.05, 0.1) is 13.5 Å². The first kappa shape index (κ1) is 17.2. The van der Waals surface area contributed by atoms with Gasteiger partial charge in [0.2, 0.25) is 0 Å². The molecule has 0 atom stereocenters. The van der Waals surface area contributed by atoms with Crippen molar-refractivity contribution in [3.8, 4) is 0 Å². The van der Waals surface area contributed by atoms with Crippen LogP contribution in [0.2, 0.25) is 0 Å². The quantitative estimate of drug-likeness (QED) is 0.712. The highest BCUT2D eigenvalue weighted by atomic mass is 16.5. The highest BCUT2D eigenvalue weighted by molar-refractivity contribution is 5.72. The largest absolute Gasteiger partial charge is 0.469 e. The molecular formula is C17H29N3O2. The molecule has 2 rings (SSSR count). The SMILES string of the molecule is COC(=O)CC1=CC(CN(C)CCN2CCNCC2)=CCC1. The Hall–Kier alpha value is -1.17. The fraction of sp³-hybridized carbons (Fsp3) is 0.706. The van der Waals surface area contributed by atoms with E-state index in [-0.39, 0.29) is 5.97 Å². The maximum absolute atomic E-state index is 11.4. The van der Waals surface area contributed by atoms with Crippen LogP contribution in [0.25, 0.3) is 0 Å². The first-order valence-electron chi connectivity index (χ1n) is 8.24. The van der Waals surface area contributed by atoms with Crippen molar-refractivity contribution in [2.45, 2.75) is 19.3 Å². The second kappa shape index (κ2) is 9.08. The van der Waals surface area contributed by atoms with Gasteiger partial charge < -0.3 is 15.0 Å². The fourth-order valence-corrected chi connectivity index (χ4v) is 2.98. The van der Waals surface area contributed by atoms with Crippen LogP contribution in [-0.4, -0.2) is 75.7 Å². The van der Waals surface area contributed by atoms with Crippen molar-refractivity contribution in [2.24, 2.45) is 0 Å². The smallest absolute Gasteiger partial charge is 0.309 e. The fourth-order valence-electron chi connectivity index (χ4n) is 2.98. The van der Waals surface area contributed by atoms with E-state index in [9.17, 15) is 4.79 Å². The maximum Gasteiger partial charge on any atom is 0.309 e. The number of nitrogens with one attached hydrogen (secondary N) is 1. The third-order valence-electron chi connectivity index (χ3n) is 4.32. The van der Waals surface area contributed by atoms with Crippen molar-refractivity contribution in [2.75, 3.05) is 60.0 Å². The van der Waals surface area contributed by atoms with Crippen LogP contribution in [0.15, 0.2) is 23.3 Å². The number of allylic oxidation sites excluding steroid dienone is 1. The summed E-state index contributed by atoms with van der Waals surface area (Å²) >= 11 is 0. The van der Waals surface area contributed by atoms with Crippen LogP contribution in [0, 0.1) is 0 Å². The highest BCUT2D eigenvalue weighted by Gasteiger charge is 2.13. The number of carbonyl (C=O) groups excluding carboxylic acids is 1. The number of esters is 1. The molecule has 0 bridgehead atoms. The van der Waals surface area contributed by atoms with Crippen molar-refractivity contribution in [3.05, 3.63) is 23.3 Å². The molecule has 0 aromatic heterocycles. The number of methoxy groups -OCH3 is 1. The molecule has 0 aromatic carbocycles. The summed E-state index contributed by atoms with van der Waals surface area (Å²) in [6.45, 7) is 7.68. The highest BCUT2D eigenvalue weighted by Crippen LogP contribution is 2.20. The van der Waals surface area contributed by atoms with E-state index in [1.54, 1.807) is 0 Å². The molecule has 124 valence electrons. The summed E-state index contributed by atoms with van der Waals surface area (Å²) in [5, 5.41) is 3.38. The van der Waals surface area contributed by atoms with E-state index in [0.29, 0.717) is 6.42 Å². The number of ether oxygens (including phenoxy) is 1. The zero-order valence-electron chi connectivity index (χ0n) is 13.9. The van der Waals surface area contributed by atoms with Gasteiger partial charge in [-0.3, -0.25) is 9.69 Å². The minimum absolute atomic E-state index is 0.139. The van der Waals surface area contributed by atoms with Crippen molar-refractivity contribution in [1.29, 1.82) is 0 Å². The standard InChI is InChI=1S/C17H29N3O2/c1-19(10-11-20-8-6-18-7-9-20)14-16-5-3-4-15(12-16)13-17(21)22-2/h5,12,18H,3-4,6-11,13-14H2,1-2H3. The van der Waals surface area contributed by atoms with Gasteiger partial charge in [-0.1, -0.05) is 17.7 Å². The lowest BCUT2D eigenvalue weighted by molar-refractivity contribution is -0.139. The van der Waals surface area contributed by atoms with E-state index in [4.69, 9.17) is 4.74 Å². The van der Waals surface area contributed by atoms with Crippen molar-refractivity contribution >= 4 is 5.97 Å². The van der Waals surface area contributed by atoms with E-state index in [0.717, 1.165) is 58.7 Å². The Kier molecular flexibility index (Phi) is 7.09. The van der Waals surface area contributed by atoms with E-state index >= 15 is 0 Å². The average Bonchev–Trinajstić information content (AvgIpc) is 2.54. The molecule has 0 amide bonds. The summed E-state index contributed by atoms with van der Waals surface area (Å²) in [5.74, 6) is -0.139. The van der Waals surface area contributed by atoms with Crippen molar-refractivity contribution in [1.82, 2.24) is 15.1 Å². The average molecular weight is 307 g/mol. The molecule has 1 N–H and O–H groups in total. The van der Waals surface area contributed by atoms with Gasteiger partial charge in [-0.05, 0) is 25.5 Å². The Morgan fingerprint density at radius 1 is 1.41 bits per heavy atom. The second-order valence-electron chi connectivity index (χ2n) is 6.20. The number of piperazine rings is 1. The Labute approximate surface area is 134 Å². The molecule has 1 aliphatic carbocycles. The minimum Gasteiger partial charge on any atom is -0.469 e. The molecule has 5 heteroatoms. The van der Waals surface area contributed by atoms with Gasteiger partial charge in [0, 0.05) is 45.8 Å². The van der Waals surface area contributed by atoms with E-state index in [2.05, 4.69) is 34.3 Å². The van der Waals surface area contributed by atoms with Gasteiger partial charge in [0.25, 0.3) is 0 Å². The van der Waals surface area contributed by atoms with E-state index < -0.39 is 0 Å². The van der Waals surface area contributed by atoms with Gasteiger partial charge >= 0.3 is 5.97 Å². The molecule has 1 saturated heterocycles. The van der Waals surface area contributed by atoms with Gasteiger partial charge in [-0.15, -0.1) is 0 Å². The topological polar surface area (TPSA) is 44.8 Å². The second-order valence-corrected chi connectivity index (χ2v) is 6.20. The number of rotatable bonds is 7. The van der Waals surface area contributed by atoms with Gasteiger partial charge in [-0.25, -0.2) is 0 Å². The number of hydrogen-bond donors (Lipinski definition) is 1. The molecule has 22 heavy (non-hydrogen) atoms. The van der Waals surface area contributed by atoms with E-state index in [1.807, 2.05) is 0 Å². The normalized spacial score (nSPS) is 19.8. The number of hydrogen-bond acceptors (Lipinski definition) is 5. The van der Waals surface area contributed by atoms with Crippen LogP contribution in [0.4, 0.5) is 0 Å². The van der Waals surface area contributed by atoms with Crippen molar-refractivity contribution < 1.29 is 9.53 Å². The molecule has 0 unspecified atom stereocenters. The zero-order valence-corrected chi connectivity index (χ0v) is 13.9. The molecule has 0 saturated carbocycles. The van der Waals surface area contributed by atoms with Crippen LogP contribution < -0.4 is 5.32 Å². The molecule has 0 spiro atoms. The van der Waals surface area contributed by atoms with Crippen LogP contribution in [-0.2, 0) is 9.53 Å². The van der Waals surface area contributed by atoms with Gasteiger partial charge in [0.15, 0.2) is 0 Å². The number of nitrogens with zero attached hydrogens (tertiary/aromatic N) is 2. The number of carbonyl (C=O) groups is 1. The third-order valence-corrected chi connectivity index (χ3v) is 4.32.